The molecule has 0 saturated carbocycles. The molecule has 3 nitrogen and oxygen atoms in total. The maximum Gasteiger partial charge on any atom is 0.172 e. The number of ether oxygens (including phenoxy) is 1. The summed E-state index contributed by atoms with van der Waals surface area (Å²) in [4.78, 5) is 0. The lowest BCUT2D eigenvalue weighted by Gasteiger charge is -2.21. The zero-order valence-corrected chi connectivity index (χ0v) is 14.0. The first-order chi connectivity index (χ1) is 9.20. The summed E-state index contributed by atoms with van der Waals surface area (Å²) in [6, 6.07) is 3.80. The van der Waals surface area contributed by atoms with Crippen LogP contribution in [0.25, 0.3) is 0 Å². The van der Waals surface area contributed by atoms with Gasteiger partial charge in [-0.1, -0.05) is 0 Å². The van der Waals surface area contributed by atoms with E-state index < -0.39 is 0 Å². The van der Waals surface area contributed by atoms with Crippen molar-refractivity contribution in [2.45, 2.75) is 11.8 Å². The van der Waals surface area contributed by atoms with Crippen molar-refractivity contribution >= 4 is 39.5 Å². The summed E-state index contributed by atoms with van der Waals surface area (Å²) in [5.41, 5.74) is 1.11. The fourth-order valence-electron chi connectivity index (χ4n) is 1.92. The number of nitrogens with one attached hydrogen (secondary N) is 1. The van der Waals surface area contributed by atoms with Crippen LogP contribution >= 0.6 is 39.5 Å². The van der Waals surface area contributed by atoms with Crippen LogP contribution in [-0.4, -0.2) is 41.3 Å². The number of phenols is 1. The van der Waals surface area contributed by atoms with Gasteiger partial charge in [-0.2, -0.15) is 23.5 Å². The van der Waals surface area contributed by atoms with Gasteiger partial charge in [0.2, 0.25) is 0 Å². The largest absolute Gasteiger partial charge is 0.503 e. The molecule has 1 saturated heterocycles. The van der Waals surface area contributed by atoms with Gasteiger partial charge in [0.15, 0.2) is 11.5 Å². The first kappa shape index (κ1) is 15.4. The Morgan fingerprint density at radius 2 is 2.32 bits per heavy atom. The Kier molecular flexibility index (Phi) is 6.19. The number of phenolic OH excluding ortho intramolecular Hbond substituents is 1. The summed E-state index contributed by atoms with van der Waals surface area (Å²) >= 11 is 7.43. The third-order valence-electron chi connectivity index (χ3n) is 2.89. The third-order valence-corrected chi connectivity index (χ3v) is 6.34. The van der Waals surface area contributed by atoms with Gasteiger partial charge in [-0.3, -0.25) is 0 Å². The Morgan fingerprint density at radius 1 is 1.47 bits per heavy atom. The van der Waals surface area contributed by atoms with Crippen LogP contribution in [0.5, 0.6) is 11.5 Å². The van der Waals surface area contributed by atoms with Crippen molar-refractivity contribution in [1.29, 1.82) is 0 Å². The highest BCUT2D eigenvalue weighted by atomic mass is 79.9. The van der Waals surface area contributed by atoms with Gasteiger partial charge in [-0.05, 0) is 33.6 Å². The lowest BCUT2D eigenvalue weighted by molar-refractivity contribution is 0.371. The molecule has 1 aliphatic heterocycles. The molecule has 2 N–H and O–H groups in total. The number of halogens is 1. The molecule has 1 heterocycles. The lowest BCUT2D eigenvalue weighted by atomic mass is 10.2. The van der Waals surface area contributed by atoms with Crippen LogP contribution < -0.4 is 10.1 Å². The van der Waals surface area contributed by atoms with Crippen molar-refractivity contribution in [3.05, 3.63) is 22.2 Å². The second-order valence-corrected chi connectivity index (χ2v) is 7.74. The molecule has 2 rings (SSSR count). The van der Waals surface area contributed by atoms with Crippen molar-refractivity contribution in [3.63, 3.8) is 0 Å². The van der Waals surface area contributed by atoms with E-state index in [4.69, 9.17) is 4.74 Å². The normalized spacial score (nSPS) is 19.4. The molecule has 1 aromatic rings. The quantitative estimate of drug-likeness (QED) is 0.840. The van der Waals surface area contributed by atoms with Gasteiger partial charge < -0.3 is 15.2 Å². The Hall–Kier alpha value is -0.0400. The molecule has 0 bridgehead atoms. The van der Waals surface area contributed by atoms with Crippen LogP contribution in [0.1, 0.15) is 5.56 Å². The molecule has 1 unspecified atom stereocenters. The highest BCUT2D eigenvalue weighted by Crippen LogP contribution is 2.35. The molecule has 1 fully saturated rings. The zero-order chi connectivity index (χ0) is 13.7. The molecular formula is C13H18BrNO2S2. The van der Waals surface area contributed by atoms with Crippen molar-refractivity contribution < 1.29 is 9.84 Å². The predicted molar refractivity (Wildman–Crippen MR) is 87.6 cm³/mol. The van der Waals surface area contributed by atoms with E-state index in [-0.39, 0.29) is 5.75 Å². The van der Waals surface area contributed by atoms with Gasteiger partial charge in [-0.15, -0.1) is 0 Å². The maximum absolute atomic E-state index is 9.75. The fourth-order valence-corrected chi connectivity index (χ4v) is 5.05. The minimum Gasteiger partial charge on any atom is -0.503 e. The molecule has 6 heteroatoms. The standard InChI is InChI=1S/C13H18BrNO2S2/c1-17-12-5-9(4-11(14)13(12)16)6-15-7-10-8-18-2-3-19-10/h4-5,10,15-16H,2-3,6-8H2,1H3. The number of hydrogen-bond donors (Lipinski definition) is 2. The number of benzene rings is 1. The summed E-state index contributed by atoms with van der Waals surface area (Å²) in [5, 5.41) is 13.9. The topological polar surface area (TPSA) is 41.5 Å². The second kappa shape index (κ2) is 7.67. The number of rotatable bonds is 5. The van der Waals surface area contributed by atoms with Crippen LogP contribution in [0.3, 0.4) is 0 Å². The smallest absolute Gasteiger partial charge is 0.172 e. The summed E-state index contributed by atoms with van der Waals surface area (Å²) in [7, 11) is 1.56. The van der Waals surface area contributed by atoms with E-state index in [0.717, 1.165) is 18.7 Å². The van der Waals surface area contributed by atoms with Crippen molar-refractivity contribution in [2.24, 2.45) is 0 Å². The third kappa shape index (κ3) is 4.48. The molecular weight excluding hydrogens is 346 g/mol. The van der Waals surface area contributed by atoms with Gasteiger partial charge in [0, 0.05) is 35.6 Å². The number of hydrogen-bond acceptors (Lipinski definition) is 5. The van der Waals surface area contributed by atoms with E-state index >= 15 is 0 Å². The molecule has 19 heavy (non-hydrogen) atoms. The summed E-state index contributed by atoms with van der Waals surface area (Å²) in [5.74, 6) is 4.44. The second-order valence-electron chi connectivity index (χ2n) is 4.33. The van der Waals surface area contributed by atoms with Gasteiger partial charge in [0.1, 0.15) is 0 Å². The molecule has 1 aliphatic rings. The summed E-state index contributed by atoms with van der Waals surface area (Å²) in [6.45, 7) is 1.81. The predicted octanol–water partition coefficient (Wildman–Crippen LogP) is 3.10. The molecule has 0 radical (unpaired) electrons. The monoisotopic (exact) mass is 363 g/mol. The number of thioether (sulfide) groups is 2. The van der Waals surface area contributed by atoms with E-state index in [1.54, 1.807) is 7.11 Å². The minimum absolute atomic E-state index is 0.158. The Balaban J connectivity index is 1.86. The van der Waals surface area contributed by atoms with Crippen LogP contribution in [0, 0.1) is 0 Å². The SMILES string of the molecule is COc1cc(CNCC2CSCCS2)cc(Br)c1O. The molecule has 1 aromatic carbocycles. The maximum atomic E-state index is 9.75. The Morgan fingerprint density at radius 3 is 3.00 bits per heavy atom. The number of aromatic hydroxyl groups is 1. The van der Waals surface area contributed by atoms with Crippen LogP contribution in [0.15, 0.2) is 16.6 Å². The van der Waals surface area contributed by atoms with E-state index in [9.17, 15) is 5.11 Å². The van der Waals surface area contributed by atoms with Gasteiger partial charge in [0.05, 0.1) is 11.6 Å². The van der Waals surface area contributed by atoms with Crippen LogP contribution in [-0.2, 0) is 6.54 Å². The lowest BCUT2D eigenvalue weighted by Crippen LogP contribution is -2.28. The Bertz CT molecular complexity index is 425. The Labute approximate surface area is 131 Å². The molecule has 0 aromatic heterocycles. The van der Waals surface area contributed by atoms with Gasteiger partial charge >= 0.3 is 0 Å². The fraction of sp³-hybridized carbons (Fsp3) is 0.538. The van der Waals surface area contributed by atoms with Gasteiger partial charge in [-0.25, -0.2) is 0 Å². The highest BCUT2D eigenvalue weighted by Gasteiger charge is 2.14. The molecule has 0 amide bonds. The highest BCUT2D eigenvalue weighted by molar-refractivity contribution is 9.10. The summed E-state index contributed by atoms with van der Waals surface area (Å²) in [6.07, 6.45) is 0. The van der Waals surface area contributed by atoms with E-state index in [1.807, 2.05) is 23.9 Å². The summed E-state index contributed by atoms with van der Waals surface area (Å²) < 4.78 is 5.82. The van der Waals surface area contributed by atoms with E-state index in [2.05, 4.69) is 33.0 Å². The average molecular weight is 364 g/mol. The minimum atomic E-state index is 0.158. The van der Waals surface area contributed by atoms with Crippen LogP contribution in [0.4, 0.5) is 0 Å². The first-order valence-corrected chi connectivity index (χ1v) is 9.16. The molecule has 0 aliphatic carbocycles. The molecule has 106 valence electrons. The van der Waals surface area contributed by atoms with Crippen molar-refractivity contribution in [3.8, 4) is 11.5 Å². The molecule has 1 atom stereocenters. The first-order valence-electron chi connectivity index (χ1n) is 6.16. The average Bonchev–Trinajstić information content (AvgIpc) is 2.43. The number of methoxy groups -OCH3 is 1. The van der Waals surface area contributed by atoms with Crippen molar-refractivity contribution in [1.82, 2.24) is 5.32 Å². The van der Waals surface area contributed by atoms with Crippen molar-refractivity contribution in [2.75, 3.05) is 30.9 Å². The van der Waals surface area contributed by atoms with E-state index in [0.29, 0.717) is 15.5 Å². The zero-order valence-electron chi connectivity index (χ0n) is 10.8. The molecule has 0 spiro atoms. The van der Waals surface area contributed by atoms with Gasteiger partial charge in [0.25, 0.3) is 0 Å². The van der Waals surface area contributed by atoms with E-state index in [1.165, 1.54) is 17.3 Å². The van der Waals surface area contributed by atoms with Crippen LogP contribution in [0.2, 0.25) is 0 Å².